The molecule has 0 N–H and O–H groups in total. The first-order valence-electron chi connectivity index (χ1n) is 10.3. The summed E-state index contributed by atoms with van der Waals surface area (Å²) in [6.07, 6.45) is 3.45. The van der Waals surface area contributed by atoms with Gasteiger partial charge in [0.15, 0.2) is 6.61 Å². The van der Waals surface area contributed by atoms with Crippen LogP contribution in [0.3, 0.4) is 0 Å². The Morgan fingerprint density at radius 2 is 1.97 bits per heavy atom. The fourth-order valence-electron chi connectivity index (χ4n) is 4.10. The molecule has 1 aromatic heterocycles. The molecule has 1 atom stereocenters. The number of nitrogens with zero attached hydrogens (tertiary/aromatic N) is 2. The van der Waals surface area contributed by atoms with Gasteiger partial charge in [-0.2, -0.15) is 0 Å². The lowest BCUT2D eigenvalue weighted by Gasteiger charge is -2.45. The number of ether oxygens (including phenoxy) is 3. The second-order valence-corrected chi connectivity index (χ2v) is 7.86. The molecule has 1 unspecified atom stereocenters. The first-order valence-corrected chi connectivity index (χ1v) is 10.3. The minimum absolute atomic E-state index is 0.0243. The normalized spacial score (nSPS) is 21.0. The van der Waals surface area contributed by atoms with E-state index in [1.54, 1.807) is 0 Å². The second kappa shape index (κ2) is 8.82. The van der Waals surface area contributed by atoms with Crippen molar-refractivity contribution < 1.29 is 19.0 Å². The number of likely N-dealkylation sites (tertiary alicyclic amines) is 1. The first kappa shape index (κ1) is 19.7. The maximum atomic E-state index is 12.5. The van der Waals surface area contributed by atoms with Gasteiger partial charge in [0.25, 0.3) is 5.91 Å². The monoisotopic (exact) mass is 396 g/mol. The molecule has 2 aliphatic rings. The van der Waals surface area contributed by atoms with E-state index in [1.807, 2.05) is 60.4 Å². The molecule has 1 spiro atoms. The van der Waals surface area contributed by atoms with Crippen LogP contribution in [0.15, 0.2) is 48.5 Å². The molecule has 0 bridgehead atoms. The number of rotatable bonds is 5. The van der Waals surface area contributed by atoms with E-state index in [-0.39, 0.29) is 24.2 Å². The Morgan fingerprint density at radius 3 is 2.72 bits per heavy atom. The summed E-state index contributed by atoms with van der Waals surface area (Å²) in [6.45, 7) is 4.09. The Morgan fingerprint density at radius 1 is 1.17 bits per heavy atom. The summed E-state index contributed by atoms with van der Waals surface area (Å²) in [5.74, 6) is 1.42. The van der Waals surface area contributed by atoms with E-state index in [9.17, 15) is 4.79 Å². The van der Waals surface area contributed by atoms with Crippen LogP contribution in [-0.2, 0) is 9.53 Å². The number of hydrogen-bond acceptors (Lipinski definition) is 5. The molecule has 0 saturated carbocycles. The van der Waals surface area contributed by atoms with Crippen molar-refractivity contribution in [2.45, 2.75) is 44.3 Å². The van der Waals surface area contributed by atoms with Crippen molar-refractivity contribution >= 4 is 5.91 Å². The van der Waals surface area contributed by atoms with Crippen molar-refractivity contribution in [2.75, 3.05) is 26.3 Å². The van der Waals surface area contributed by atoms with Gasteiger partial charge in [-0.15, -0.1) is 0 Å². The zero-order chi connectivity index (χ0) is 20.1. The van der Waals surface area contributed by atoms with Gasteiger partial charge in [0, 0.05) is 37.7 Å². The molecule has 3 heterocycles. The van der Waals surface area contributed by atoms with Crippen molar-refractivity contribution in [3.8, 4) is 11.6 Å². The van der Waals surface area contributed by atoms with E-state index in [1.165, 1.54) is 0 Å². The number of pyridine rings is 1. The lowest BCUT2D eigenvalue weighted by Crippen LogP contribution is -2.53. The fourth-order valence-corrected chi connectivity index (χ4v) is 4.10. The molecule has 2 aromatic rings. The molecule has 0 aliphatic carbocycles. The number of hydrogen-bond donors (Lipinski definition) is 0. The quantitative estimate of drug-likeness (QED) is 0.775. The molecule has 2 aliphatic heterocycles. The lowest BCUT2D eigenvalue weighted by atomic mass is 9.83. The van der Waals surface area contributed by atoms with Gasteiger partial charge in [-0.05, 0) is 38.0 Å². The summed E-state index contributed by atoms with van der Waals surface area (Å²) in [5.41, 5.74) is 0.748. The molecule has 2 saturated heterocycles. The third-order valence-electron chi connectivity index (χ3n) is 5.73. The average molecular weight is 396 g/mol. The van der Waals surface area contributed by atoms with Crippen LogP contribution in [0, 0.1) is 6.92 Å². The van der Waals surface area contributed by atoms with Crippen LogP contribution >= 0.6 is 0 Å². The number of carbonyl (C=O) groups excluding carboxylic acids is 1. The SMILES string of the molecule is Cc1cccc(OC2CCOC3(CCN(C(=O)COc4ccccc4)CC3)C2)n1. The summed E-state index contributed by atoms with van der Waals surface area (Å²) in [7, 11) is 0. The fraction of sp³-hybridized carbons (Fsp3) is 0.478. The Kier molecular flexibility index (Phi) is 6.00. The molecular formula is C23H28N2O4. The highest BCUT2D eigenvalue weighted by molar-refractivity contribution is 5.77. The highest BCUT2D eigenvalue weighted by Gasteiger charge is 2.42. The minimum atomic E-state index is -0.205. The molecule has 29 heavy (non-hydrogen) atoms. The number of carbonyl (C=O) groups is 1. The number of amides is 1. The van der Waals surface area contributed by atoms with E-state index in [0.717, 1.165) is 37.1 Å². The Labute approximate surface area is 171 Å². The number of aromatic nitrogens is 1. The zero-order valence-corrected chi connectivity index (χ0v) is 16.9. The van der Waals surface area contributed by atoms with Gasteiger partial charge in [-0.1, -0.05) is 24.3 Å². The molecule has 2 fully saturated rings. The Hall–Kier alpha value is -2.60. The van der Waals surface area contributed by atoms with Crippen LogP contribution in [0.2, 0.25) is 0 Å². The van der Waals surface area contributed by atoms with Crippen LogP contribution < -0.4 is 9.47 Å². The van der Waals surface area contributed by atoms with E-state index < -0.39 is 0 Å². The lowest BCUT2D eigenvalue weighted by molar-refractivity contribution is -0.153. The van der Waals surface area contributed by atoms with Crippen LogP contribution in [0.1, 0.15) is 31.4 Å². The Bertz CT molecular complexity index is 819. The van der Waals surface area contributed by atoms with Gasteiger partial charge >= 0.3 is 0 Å². The molecule has 0 radical (unpaired) electrons. The van der Waals surface area contributed by atoms with Gasteiger partial charge in [0.2, 0.25) is 5.88 Å². The number of benzene rings is 1. The van der Waals surface area contributed by atoms with Gasteiger partial charge in [-0.25, -0.2) is 4.98 Å². The van der Waals surface area contributed by atoms with E-state index in [0.29, 0.717) is 25.6 Å². The molecule has 1 amide bonds. The smallest absolute Gasteiger partial charge is 0.260 e. The summed E-state index contributed by atoms with van der Waals surface area (Å²) in [6, 6.07) is 15.3. The summed E-state index contributed by atoms with van der Waals surface area (Å²) >= 11 is 0. The van der Waals surface area contributed by atoms with Crippen LogP contribution in [0.25, 0.3) is 0 Å². The molecule has 154 valence electrons. The van der Waals surface area contributed by atoms with Crippen molar-refractivity contribution in [3.05, 3.63) is 54.2 Å². The average Bonchev–Trinajstić information content (AvgIpc) is 2.73. The van der Waals surface area contributed by atoms with E-state index in [2.05, 4.69) is 4.98 Å². The molecule has 6 heteroatoms. The molecular weight excluding hydrogens is 368 g/mol. The van der Waals surface area contributed by atoms with Crippen LogP contribution in [-0.4, -0.2) is 53.8 Å². The first-order chi connectivity index (χ1) is 14.1. The highest BCUT2D eigenvalue weighted by atomic mass is 16.5. The van der Waals surface area contributed by atoms with Crippen LogP contribution in [0.4, 0.5) is 0 Å². The Balaban J connectivity index is 1.28. The molecule has 1 aromatic carbocycles. The van der Waals surface area contributed by atoms with Crippen molar-refractivity contribution in [2.24, 2.45) is 0 Å². The van der Waals surface area contributed by atoms with Gasteiger partial charge in [0.1, 0.15) is 11.9 Å². The molecule has 6 nitrogen and oxygen atoms in total. The zero-order valence-electron chi connectivity index (χ0n) is 16.9. The van der Waals surface area contributed by atoms with Gasteiger partial charge in [0.05, 0.1) is 12.2 Å². The van der Waals surface area contributed by atoms with E-state index in [4.69, 9.17) is 14.2 Å². The number of piperidine rings is 1. The second-order valence-electron chi connectivity index (χ2n) is 7.86. The topological polar surface area (TPSA) is 60.9 Å². The number of aryl methyl sites for hydroxylation is 1. The van der Waals surface area contributed by atoms with E-state index >= 15 is 0 Å². The summed E-state index contributed by atoms with van der Waals surface area (Å²) < 4.78 is 17.9. The van der Waals surface area contributed by atoms with Crippen molar-refractivity contribution in [3.63, 3.8) is 0 Å². The number of para-hydroxylation sites is 1. The van der Waals surface area contributed by atoms with Crippen LogP contribution in [0.5, 0.6) is 11.6 Å². The maximum absolute atomic E-state index is 12.5. The minimum Gasteiger partial charge on any atom is -0.484 e. The largest absolute Gasteiger partial charge is 0.484 e. The predicted octanol–water partition coefficient (Wildman–Crippen LogP) is 3.39. The molecule has 4 rings (SSSR count). The van der Waals surface area contributed by atoms with Gasteiger partial charge in [-0.3, -0.25) is 4.79 Å². The van der Waals surface area contributed by atoms with Crippen molar-refractivity contribution in [1.29, 1.82) is 0 Å². The third-order valence-corrected chi connectivity index (χ3v) is 5.73. The van der Waals surface area contributed by atoms with Gasteiger partial charge < -0.3 is 19.1 Å². The standard InChI is InChI=1S/C23H28N2O4/c1-18-6-5-9-21(24-18)29-20-10-15-28-23(16-20)11-13-25(14-12-23)22(26)17-27-19-7-3-2-4-8-19/h2-9,20H,10-17H2,1H3. The predicted molar refractivity (Wildman–Crippen MR) is 109 cm³/mol. The van der Waals surface area contributed by atoms with Crippen molar-refractivity contribution in [1.82, 2.24) is 9.88 Å². The summed E-state index contributed by atoms with van der Waals surface area (Å²) in [4.78, 5) is 18.8. The highest BCUT2D eigenvalue weighted by Crippen LogP contribution is 2.36. The summed E-state index contributed by atoms with van der Waals surface area (Å²) in [5, 5.41) is 0. The maximum Gasteiger partial charge on any atom is 0.260 e. The third kappa shape index (κ3) is 5.07.